The average Bonchev–Trinajstić information content (AvgIpc) is 2.30. The van der Waals surface area contributed by atoms with Crippen molar-refractivity contribution in [1.29, 1.82) is 0 Å². The summed E-state index contributed by atoms with van der Waals surface area (Å²) in [5.74, 6) is 0. The summed E-state index contributed by atoms with van der Waals surface area (Å²) in [5.41, 5.74) is 5.78. The summed E-state index contributed by atoms with van der Waals surface area (Å²) in [4.78, 5) is 2.19. The normalized spacial score (nSPS) is 27.4. The minimum atomic E-state index is -0.195. The van der Waals surface area contributed by atoms with Gasteiger partial charge in [-0.25, -0.2) is 0 Å². The van der Waals surface area contributed by atoms with Gasteiger partial charge in [-0.2, -0.15) is 0 Å². The molecule has 1 atom stereocenters. The van der Waals surface area contributed by atoms with E-state index in [1.54, 1.807) is 0 Å². The Morgan fingerprint density at radius 3 is 2.62 bits per heavy atom. The number of nitrogens with zero attached hydrogens (tertiary/aromatic N) is 1. The van der Waals surface area contributed by atoms with E-state index in [0.29, 0.717) is 6.54 Å². The Morgan fingerprint density at radius 1 is 1.50 bits per heavy atom. The topological polar surface area (TPSA) is 58.7 Å². The lowest BCUT2D eigenvalue weighted by Crippen LogP contribution is -2.53. The zero-order valence-electron chi connectivity index (χ0n) is 10.8. The maximum atomic E-state index is 9.35. The first-order valence-corrected chi connectivity index (χ1v) is 6.06. The van der Waals surface area contributed by atoms with Crippen LogP contribution in [0.2, 0.25) is 0 Å². The van der Waals surface area contributed by atoms with Crippen LogP contribution in [-0.4, -0.2) is 55.5 Å². The van der Waals surface area contributed by atoms with E-state index >= 15 is 0 Å². The number of aliphatic hydroxyl groups excluding tert-OH is 1. The van der Waals surface area contributed by atoms with Gasteiger partial charge in [0.25, 0.3) is 0 Å². The molecule has 1 fully saturated rings. The first-order valence-electron chi connectivity index (χ1n) is 6.06. The molecule has 0 aromatic carbocycles. The van der Waals surface area contributed by atoms with Crippen LogP contribution in [0.5, 0.6) is 0 Å². The van der Waals surface area contributed by atoms with Gasteiger partial charge in [0.2, 0.25) is 0 Å². The Balaban J connectivity index is 2.62. The molecular formula is C12H26N2O2. The van der Waals surface area contributed by atoms with Gasteiger partial charge in [0.15, 0.2) is 0 Å². The molecule has 96 valence electrons. The van der Waals surface area contributed by atoms with E-state index in [1.807, 2.05) is 20.9 Å². The molecule has 1 aliphatic heterocycles. The van der Waals surface area contributed by atoms with Gasteiger partial charge in [0.05, 0.1) is 13.2 Å². The van der Waals surface area contributed by atoms with Gasteiger partial charge >= 0.3 is 0 Å². The third-order valence-corrected chi connectivity index (χ3v) is 3.83. The van der Waals surface area contributed by atoms with Crippen LogP contribution in [0, 0.1) is 5.41 Å². The van der Waals surface area contributed by atoms with Gasteiger partial charge in [-0.3, -0.25) is 4.90 Å². The van der Waals surface area contributed by atoms with Crippen molar-refractivity contribution in [3.8, 4) is 0 Å². The third-order valence-electron chi connectivity index (χ3n) is 3.83. The summed E-state index contributed by atoms with van der Waals surface area (Å²) in [6.45, 7) is 7.38. The molecule has 0 saturated carbocycles. The molecule has 0 amide bonds. The number of likely N-dealkylation sites (N-methyl/N-ethyl adjacent to an activating group) is 1. The van der Waals surface area contributed by atoms with Crippen molar-refractivity contribution in [3.05, 3.63) is 0 Å². The summed E-state index contributed by atoms with van der Waals surface area (Å²) in [5, 5.41) is 9.35. The predicted molar refractivity (Wildman–Crippen MR) is 65.3 cm³/mol. The van der Waals surface area contributed by atoms with Crippen LogP contribution in [-0.2, 0) is 4.74 Å². The fraction of sp³-hybridized carbons (Fsp3) is 1.00. The smallest absolute Gasteiger partial charge is 0.0609 e. The van der Waals surface area contributed by atoms with Crippen molar-refractivity contribution in [3.63, 3.8) is 0 Å². The van der Waals surface area contributed by atoms with Crippen LogP contribution in [0.3, 0.4) is 0 Å². The molecule has 4 nitrogen and oxygen atoms in total. The van der Waals surface area contributed by atoms with Crippen LogP contribution in [0.25, 0.3) is 0 Å². The molecule has 0 bridgehead atoms. The SMILES string of the molecule is CN(CC1(CN)CCCOC1)C(C)(C)CO. The second kappa shape index (κ2) is 5.45. The average molecular weight is 230 g/mol. The maximum absolute atomic E-state index is 9.35. The fourth-order valence-corrected chi connectivity index (χ4v) is 2.10. The molecule has 1 saturated heterocycles. The molecule has 1 rings (SSSR count). The quantitative estimate of drug-likeness (QED) is 0.720. The summed E-state index contributed by atoms with van der Waals surface area (Å²) in [6.07, 6.45) is 2.21. The molecular weight excluding hydrogens is 204 g/mol. The number of rotatable bonds is 5. The Labute approximate surface area is 98.8 Å². The van der Waals surface area contributed by atoms with Gasteiger partial charge in [-0.1, -0.05) is 0 Å². The van der Waals surface area contributed by atoms with Gasteiger partial charge in [0, 0.05) is 30.7 Å². The molecule has 0 aliphatic carbocycles. The highest BCUT2D eigenvalue weighted by Crippen LogP contribution is 2.30. The van der Waals surface area contributed by atoms with Gasteiger partial charge < -0.3 is 15.6 Å². The van der Waals surface area contributed by atoms with E-state index < -0.39 is 0 Å². The summed E-state index contributed by atoms with van der Waals surface area (Å²) >= 11 is 0. The number of nitrogens with two attached hydrogens (primary N) is 1. The Bertz CT molecular complexity index is 213. The standard InChI is InChI=1S/C12H26N2O2/c1-11(2,9-15)14(3)8-12(7-13)5-4-6-16-10-12/h15H,4-10,13H2,1-3H3. The number of hydrogen-bond donors (Lipinski definition) is 2. The van der Waals surface area contributed by atoms with Gasteiger partial charge in [-0.15, -0.1) is 0 Å². The number of aliphatic hydroxyl groups is 1. The Hall–Kier alpha value is -0.160. The van der Waals surface area contributed by atoms with Crippen LogP contribution < -0.4 is 5.73 Å². The van der Waals surface area contributed by atoms with Gasteiger partial charge in [-0.05, 0) is 33.7 Å². The van der Waals surface area contributed by atoms with Crippen LogP contribution in [0.15, 0.2) is 0 Å². The lowest BCUT2D eigenvalue weighted by Gasteiger charge is -2.43. The van der Waals surface area contributed by atoms with E-state index in [9.17, 15) is 5.11 Å². The summed E-state index contributed by atoms with van der Waals surface area (Å²) in [7, 11) is 2.04. The Morgan fingerprint density at radius 2 is 2.19 bits per heavy atom. The highest BCUT2D eigenvalue weighted by Gasteiger charge is 2.36. The molecule has 0 radical (unpaired) electrons. The lowest BCUT2D eigenvalue weighted by atomic mass is 9.81. The first kappa shape index (κ1) is 13.9. The van der Waals surface area contributed by atoms with Crippen molar-refractivity contribution >= 4 is 0 Å². The zero-order chi connectivity index (χ0) is 12.2. The van der Waals surface area contributed by atoms with Crippen LogP contribution in [0.1, 0.15) is 26.7 Å². The van der Waals surface area contributed by atoms with Crippen molar-refractivity contribution < 1.29 is 9.84 Å². The predicted octanol–water partition coefficient (Wildman–Crippen LogP) is 0.445. The maximum Gasteiger partial charge on any atom is 0.0609 e. The minimum absolute atomic E-state index is 0.0689. The van der Waals surface area contributed by atoms with Crippen molar-refractivity contribution in [2.75, 3.05) is 40.0 Å². The largest absolute Gasteiger partial charge is 0.394 e. The van der Waals surface area contributed by atoms with Crippen LogP contribution >= 0.6 is 0 Å². The molecule has 3 N–H and O–H groups in total. The monoisotopic (exact) mass is 230 g/mol. The molecule has 16 heavy (non-hydrogen) atoms. The minimum Gasteiger partial charge on any atom is -0.394 e. The van der Waals surface area contributed by atoms with Gasteiger partial charge in [0.1, 0.15) is 0 Å². The van der Waals surface area contributed by atoms with Crippen molar-refractivity contribution in [2.24, 2.45) is 11.1 Å². The van der Waals surface area contributed by atoms with E-state index in [1.165, 1.54) is 0 Å². The highest BCUT2D eigenvalue weighted by molar-refractivity contribution is 4.89. The fourth-order valence-electron chi connectivity index (χ4n) is 2.10. The molecule has 1 aliphatic rings. The third kappa shape index (κ3) is 3.17. The van der Waals surface area contributed by atoms with Crippen molar-refractivity contribution in [2.45, 2.75) is 32.2 Å². The molecule has 1 unspecified atom stereocenters. The Kier molecular flexibility index (Phi) is 4.73. The van der Waals surface area contributed by atoms with E-state index in [2.05, 4.69) is 4.90 Å². The van der Waals surface area contributed by atoms with E-state index in [0.717, 1.165) is 32.6 Å². The summed E-state index contributed by atoms with van der Waals surface area (Å²) in [6, 6.07) is 0. The van der Waals surface area contributed by atoms with Crippen molar-refractivity contribution in [1.82, 2.24) is 4.90 Å². The number of hydrogen-bond acceptors (Lipinski definition) is 4. The molecule has 0 aromatic rings. The molecule has 0 aromatic heterocycles. The second-order valence-corrected chi connectivity index (χ2v) is 5.69. The molecule has 4 heteroatoms. The highest BCUT2D eigenvalue weighted by atomic mass is 16.5. The number of ether oxygens (including phenoxy) is 1. The zero-order valence-corrected chi connectivity index (χ0v) is 10.8. The first-order chi connectivity index (χ1) is 7.46. The summed E-state index contributed by atoms with van der Waals surface area (Å²) < 4.78 is 5.55. The molecule has 1 heterocycles. The van der Waals surface area contributed by atoms with E-state index in [-0.39, 0.29) is 17.6 Å². The lowest BCUT2D eigenvalue weighted by molar-refractivity contribution is -0.0399. The van der Waals surface area contributed by atoms with E-state index in [4.69, 9.17) is 10.5 Å². The molecule has 0 spiro atoms. The van der Waals surface area contributed by atoms with Crippen LogP contribution in [0.4, 0.5) is 0 Å². The second-order valence-electron chi connectivity index (χ2n) is 5.69.